The molecule has 0 aliphatic carbocycles. The Kier molecular flexibility index (Phi) is 5.29. The molecule has 0 radical (unpaired) electrons. The van der Waals surface area contributed by atoms with E-state index in [-0.39, 0.29) is 24.9 Å². The lowest BCUT2D eigenvalue weighted by Gasteiger charge is -2.15. The lowest BCUT2D eigenvalue weighted by atomic mass is 9.93. The van der Waals surface area contributed by atoms with Crippen molar-refractivity contribution < 1.29 is 14.6 Å². The minimum atomic E-state index is -0.279. The van der Waals surface area contributed by atoms with Gasteiger partial charge < -0.3 is 9.84 Å². The van der Waals surface area contributed by atoms with E-state index in [4.69, 9.17) is 16.7 Å². The average Bonchev–Trinajstić information content (AvgIpc) is 2.28. The van der Waals surface area contributed by atoms with Gasteiger partial charge in [-0.15, -0.1) is 0 Å². The molecule has 1 unspecified atom stereocenters. The highest BCUT2D eigenvalue weighted by molar-refractivity contribution is 6.30. The van der Waals surface area contributed by atoms with Crippen molar-refractivity contribution in [2.45, 2.75) is 18.8 Å². The molecule has 0 spiro atoms. The van der Waals surface area contributed by atoms with Crippen LogP contribution in [0.1, 0.15) is 24.3 Å². The summed E-state index contributed by atoms with van der Waals surface area (Å²) in [5.74, 6) is -0.324. The van der Waals surface area contributed by atoms with Crippen molar-refractivity contribution in [2.24, 2.45) is 0 Å². The van der Waals surface area contributed by atoms with Crippen LogP contribution in [0, 0.1) is 0 Å². The predicted octanol–water partition coefficient (Wildman–Crippen LogP) is 2.37. The SMILES string of the molecule is COC(=O)CC(CCO)c1cccc(Cl)c1. The van der Waals surface area contributed by atoms with Crippen LogP contribution in [0.5, 0.6) is 0 Å². The first-order valence-corrected chi connectivity index (χ1v) is 5.48. The molecule has 0 fully saturated rings. The number of aliphatic hydroxyl groups excluding tert-OH is 1. The van der Waals surface area contributed by atoms with Gasteiger partial charge in [0.15, 0.2) is 0 Å². The van der Waals surface area contributed by atoms with Gasteiger partial charge in [-0.2, -0.15) is 0 Å². The molecule has 3 nitrogen and oxygen atoms in total. The van der Waals surface area contributed by atoms with Gasteiger partial charge in [-0.3, -0.25) is 4.79 Å². The number of halogens is 1. The van der Waals surface area contributed by atoms with Gasteiger partial charge in [-0.1, -0.05) is 23.7 Å². The number of ether oxygens (including phenoxy) is 1. The third-order valence-corrected chi connectivity index (χ3v) is 2.67. The molecule has 1 aromatic carbocycles. The molecule has 1 rings (SSSR count). The number of esters is 1. The quantitative estimate of drug-likeness (QED) is 0.807. The van der Waals surface area contributed by atoms with Crippen LogP contribution in [0.25, 0.3) is 0 Å². The Labute approximate surface area is 100.0 Å². The standard InChI is InChI=1S/C12H15ClO3/c1-16-12(15)8-10(5-6-14)9-3-2-4-11(13)7-9/h2-4,7,10,14H,5-6,8H2,1H3. The molecular formula is C12H15ClO3. The Morgan fingerprint density at radius 3 is 2.88 bits per heavy atom. The second kappa shape index (κ2) is 6.51. The highest BCUT2D eigenvalue weighted by atomic mass is 35.5. The molecule has 0 bridgehead atoms. The molecule has 0 saturated heterocycles. The predicted molar refractivity (Wildman–Crippen MR) is 62.5 cm³/mol. The zero-order chi connectivity index (χ0) is 12.0. The molecule has 1 aromatic rings. The van der Waals surface area contributed by atoms with Crippen LogP contribution in [-0.2, 0) is 9.53 Å². The van der Waals surface area contributed by atoms with Gasteiger partial charge >= 0.3 is 5.97 Å². The Hall–Kier alpha value is -1.06. The summed E-state index contributed by atoms with van der Waals surface area (Å²) in [7, 11) is 1.36. The van der Waals surface area contributed by atoms with Gasteiger partial charge in [0, 0.05) is 11.6 Å². The van der Waals surface area contributed by atoms with Crippen LogP contribution in [0.15, 0.2) is 24.3 Å². The molecule has 0 aliphatic heterocycles. The second-order valence-electron chi connectivity index (χ2n) is 3.54. The van der Waals surface area contributed by atoms with E-state index in [1.807, 2.05) is 18.2 Å². The Bertz CT molecular complexity index is 352. The van der Waals surface area contributed by atoms with E-state index in [1.54, 1.807) is 6.07 Å². The lowest BCUT2D eigenvalue weighted by molar-refractivity contribution is -0.141. The van der Waals surface area contributed by atoms with E-state index in [1.165, 1.54) is 7.11 Å². The Balaban J connectivity index is 2.80. The van der Waals surface area contributed by atoms with Gasteiger partial charge in [0.1, 0.15) is 0 Å². The molecule has 0 amide bonds. The number of rotatable bonds is 5. The fraction of sp³-hybridized carbons (Fsp3) is 0.417. The number of benzene rings is 1. The molecule has 4 heteroatoms. The van der Waals surface area contributed by atoms with Crippen molar-refractivity contribution in [1.82, 2.24) is 0 Å². The van der Waals surface area contributed by atoms with Gasteiger partial charge in [0.05, 0.1) is 13.5 Å². The van der Waals surface area contributed by atoms with Crippen LogP contribution in [0.3, 0.4) is 0 Å². The number of hydrogen-bond acceptors (Lipinski definition) is 3. The van der Waals surface area contributed by atoms with E-state index in [2.05, 4.69) is 4.74 Å². The number of aliphatic hydroxyl groups is 1. The summed E-state index contributed by atoms with van der Waals surface area (Å²) in [4.78, 5) is 11.2. The Morgan fingerprint density at radius 2 is 2.31 bits per heavy atom. The van der Waals surface area contributed by atoms with Crippen molar-refractivity contribution in [3.05, 3.63) is 34.9 Å². The molecule has 1 N–H and O–H groups in total. The summed E-state index contributed by atoms with van der Waals surface area (Å²) in [6, 6.07) is 7.32. The average molecular weight is 243 g/mol. The zero-order valence-electron chi connectivity index (χ0n) is 9.15. The first-order chi connectivity index (χ1) is 7.67. The molecule has 0 heterocycles. The first kappa shape index (κ1) is 13.0. The first-order valence-electron chi connectivity index (χ1n) is 5.10. The van der Waals surface area contributed by atoms with Crippen LogP contribution in [-0.4, -0.2) is 24.8 Å². The molecule has 88 valence electrons. The fourth-order valence-electron chi connectivity index (χ4n) is 1.59. The molecule has 0 aliphatic rings. The molecule has 1 atom stereocenters. The zero-order valence-corrected chi connectivity index (χ0v) is 9.91. The summed E-state index contributed by atoms with van der Waals surface area (Å²) in [6.45, 7) is 0.0359. The number of hydrogen-bond donors (Lipinski definition) is 1. The summed E-state index contributed by atoms with van der Waals surface area (Å²) in [5.41, 5.74) is 0.951. The van der Waals surface area contributed by atoms with E-state index >= 15 is 0 Å². The fourth-order valence-corrected chi connectivity index (χ4v) is 1.79. The van der Waals surface area contributed by atoms with Crippen molar-refractivity contribution >= 4 is 17.6 Å². The highest BCUT2D eigenvalue weighted by Gasteiger charge is 2.16. The van der Waals surface area contributed by atoms with Crippen LogP contribution in [0.4, 0.5) is 0 Å². The summed E-state index contributed by atoms with van der Waals surface area (Å²) < 4.78 is 4.63. The second-order valence-corrected chi connectivity index (χ2v) is 3.98. The summed E-state index contributed by atoms with van der Waals surface area (Å²) in [6.07, 6.45) is 0.785. The minimum absolute atomic E-state index is 0.0359. The highest BCUT2D eigenvalue weighted by Crippen LogP contribution is 2.25. The minimum Gasteiger partial charge on any atom is -0.469 e. The normalized spacial score (nSPS) is 12.2. The lowest BCUT2D eigenvalue weighted by Crippen LogP contribution is -2.10. The number of carbonyl (C=O) groups excluding carboxylic acids is 1. The van der Waals surface area contributed by atoms with Crippen molar-refractivity contribution in [3.63, 3.8) is 0 Å². The van der Waals surface area contributed by atoms with Gasteiger partial charge in [-0.25, -0.2) is 0 Å². The number of methoxy groups -OCH3 is 1. The van der Waals surface area contributed by atoms with Crippen LogP contribution < -0.4 is 0 Å². The van der Waals surface area contributed by atoms with E-state index in [0.29, 0.717) is 11.4 Å². The third-order valence-electron chi connectivity index (χ3n) is 2.44. The largest absolute Gasteiger partial charge is 0.469 e. The number of carbonyl (C=O) groups is 1. The van der Waals surface area contributed by atoms with E-state index in [0.717, 1.165) is 5.56 Å². The van der Waals surface area contributed by atoms with Gasteiger partial charge in [0.25, 0.3) is 0 Å². The van der Waals surface area contributed by atoms with Gasteiger partial charge in [-0.05, 0) is 30.0 Å². The van der Waals surface area contributed by atoms with Gasteiger partial charge in [0.2, 0.25) is 0 Å². The molecule has 16 heavy (non-hydrogen) atoms. The molecular weight excluding hydrogens is 228 g/mol. The smallest absolute Gasteiger partial charge is 0.306 e. The molecule has 0 saturated carbocycles. The summed E-state index contributed by atoms with van der Waals surface area (Å²) >= 11 is 5.88. The summed E-state index contributed by atoms with van der Waals surface area (Å²) in [5, 5.41) is 9.60. The van der Waals surface area contributed by atoms with Crippen LogP contribution >= 0.6 is 11.6 Å². The third kappa shape index (κ3) is 3.83. The Morgan fingerprint density at radius 1 is 1.56 bits per heavy atom. The van der Waals surface area contributed by atoms with Crippen molar-refractivity contribution in [1.29, 1.82) is 0 Å². The maximum absolute atomic E-state index is 11.2. The maximum atomic E-state index is 11.2. The van der Waals surface area contributed by atoms with Crippen molar-refractivity contribution in [2.75, 3.05) is 13.7 Å². The monoisotopic (exact) mass is 242 g/mol. The maximum Gasteiger partial charge on any atom is 0.306 e. The van der Waals surface area contributed by atoms with E-state index in [9.17, 15) is 4.79 Å². The topological polar surface area (TPSA) is 46.5 Å². The van der Waals surface area contributed by atoms with Crippen LogP contribution in [0.2, 0.25) is 5.02 Å². The van der Waals surface area contributed by atoms with E-state index < -0.39 is 0 Å². The van der Waals surface area contributed by atoms with Crippen molar-refractivity contribution in [3.8, 4) is 0 Å². The molecule has 0 aromatic heterocycles.